The first kappa shape index (κ1) is 17.2. The van der Waals surface area contributed by atoms with E-state index in [1.54, 1.807) is 11.6 Å². The van der Waals surface area contributed by atoms with Gasteiger partial charge in [0, 0.05) is 17.8 Å². The molecule has 2 heterocycles. The first-order chi connectivity index (χ1) is 11.8. The Morgan fingerprint density at radius 3 is 2.76 bits per heavy atom. The maximum Gasteiger partial charge on any atom is 0.271 e. The molecule has 0 bridgehead atoms. The summed E-state index contributed by atoms with van der Waals surface area (Å²) in [5.41, 5.74) is 1.08. The molecular formula is C18H19N3O3S. The highest BCUT2D eigenvalue weighted by molar-refractivity contribution is 7.15. The molecule has 1 amide bonds. The fraction of sp³-hybridized carbons (Fsp3) is 0.278. The molecule has 0 unspecified atom stereocenters. The van der Waals surface area contributed by atoms with E-state index in [1.165, 1.54) is 29.0 Å². The predicted octanol–water partition coefficient (Wildman–Crippen LogP) is 3.31. The van der Waals surface area contributed by atoms with E-state index >= 15 is 0 Å². The second kappa shape index (κ2) is 6.33. The van der Waals surface area contributed by atoms with Crippen LogP contribution in [0.15, 0.2) is 40.8 Å². The van der Waals surface area contributed by atoms with Crippen molar-refractivity contribution in [1.82, 2.24) is 9.38 Å². The van der Waals surface area contributed by atoms with Crippen LogP contribution in [0, 0.1) is 0 Å². The number of carbonyl (C=O) groups excluding carboxylic acids is 1. The first-order valence-electron chi connectivity index (χ1n) is 7.76. The Labute approximate surface area is 149 Å². The van der Waals surface area contributed by atoms with Crippen molar-refractivity contribution in [3.8, 4) is 5.75 Å². The summed E-state index contributed by atoms with van der Waals surface area (Å²) < 4.78 is 6.69. The second-order valence-corrected chi connectivity index (χ2v) is 7.52. The number of fused-ring (bicyclic) bond motifs is 1. The zero-order valence-corrected chi connectivity index (χ0v) is 15.3. The van der Waals surface area contributed by atoms with Gasteiger partial charge in [-0.3, -0.25) is 14.0 Å². The number of ether oxygens (including phenoxy) is 1. The quantitative estimate of drug-likeness (QED) is 0.780. The maximum atomic E-state index is 12.6. The van der Waals surface area contributed by atoms with E-state index < -0.39 is 11.5 Å². The van der Waals surface area contributed by atoms with Crippen molar-refractivity contribution in [2.24, 2.45) is 0 Å². The molecular weight excluding hydrogens is 338 g/mol. The highest BCUT2D eigenvalue weighted by Crippen LogP contribution is 2.31. The fourth-order valence-electron chi connectivity index (χ4n) is 2.44. The number of thiazole rings is 1. The first-order valence-corrected chi connectivity index (χ1v) is 8.64. The Kier molecular flexibility index (Phi) is 4.34. The van der Waals surface area contributed by atoms with Gasteiger partial charge in [0.1, 0.15) is 11.3 Å². The van der Waals surface area contributed by atoms with E-state index in [1.807, 2.05) is 18.2 Å². The van der Waals surface area contributed by atoms with Crippen LogP contribution in [0.1, 0.15) is 36.7 Å². The molecule has 0 aliphatic carbocycles. The second-order valence-electron chi connectivity index (χ2n) is 6.65. The molecule has 7 heteroatoms. The van der Waals surface area contributed by atoms with Gasteiger partial charge in [0.2, 0.25) is 0 Å². The van der Waals surface area contributed by atoms with Gasteiger partial charge in [0.25, 0.3) is 11.5 Å². The number of carbonyl (C=O) groups is 1. The molecule has 0 radical (unpaired) electrons. The van der Waals surface area contributed by atoms with Gasteiger partial charge in [-0.2, -0.15) is 0 Å². The third-order valence-corrected chi connectivity index (χ3v) is 4.67. The lowest BCUT2D eigenvalue weighted by Gasteiger charge is -2.21. The minimum absolute atomic E-state index is 0.0147. The number of anilines is 1. The van der Waals surface area contributed by atoms with E-state index in [9.17, 15) is 9.59 Å². The smallest absolute Gasteiger partial charge is 0.271 e. The third kappa shape index (κ3) is 3.28. The van der Waals surface area contributed by atoms with Crippen LogP contribution in [-0.2, 0) is 5.41 Å². The summed E-state index contributed by atoms with van der Waals surface area (Å²) in [6, 6.07) is 5.64. The molecule has 3 rings (SSSR count). The standard InChI is InChI=1S/C18H19N3O3S/c1-18(2,3)11-5-6-14(24-4)13(9-11)20-15(22)12-10-19-17-21(16(12)23)7-8-25-17/h5-10H,1-4H3,(H,20,22). The summed E-state index contributed by atoms with van der Waals surface area (Å²) in [7, 11) is 1.54. The molecule has 3 aromatic rings. The van der Waals surface area contributed by atoms with E-state index in [0.717, 1.165) is 5.56 Å². The lowest BCUT2D eigenvalue weighted by molar-refractivity contribution is 0.102. The minimum atomic E-state index is -0.512. The summed E-state index contributed by atoms with van der Waals surface area (Å²) in [6.07, 6.45) is 2.91. The average molecular weight is 357 g/mol. The Hall–Kier alpha value is -2.67. The van der Waals surface area contributed by atoms with Crippen molar-refractivity contribution < 1.29 is 9.53 Å². The van der Waals surface area contributed by atoms with Crippen LogP contribution >= 0.6 is 11.3 Å². The molecule has 0 atom stereocenters. The Morgan fingerprint density at radius 1 is 1.32 bits per heavy atom. The molecule has 0 saturated heterocycles. The lowest BCUT2D eigenvalue weighted by Crippen LogP contribution is -2.26. The van der Waals surface area contributed by atoms with Gasteiger partial charge in [0.15, 0.2) is 4.96 Å². The number of hydrogen-bond donors (Lipinski definition) is 1. The van der Waals surface area contributed by atoms with Gasteiger partial charge in [-0.25, -0.2) is 4.98 Å². The van der Waals surface area contributed by atoms with Gasteiger partial charge in [-0.15, -0.1) is 11.3 Å². The summed E-state index contributed by atoms with van der Waals surface area (Å²) in [5, 5.41) is 4.53. The molecule has 130 valence electrons. The normalized spacial score (nSPS) is 11.5. The van der Waals surface area contributed by atoms with Crippen molar-refractivity contribution in [2.45, 2.75) is 26.2 Å². The number of rotatable bonds is 3. The van der Waals surface area contributed by atoms with Crippen molar-refractivity contribution in [3.05, 3.63) is 57.5 Å². The van der Waals surface area contributed by atoms with Crippen molar-refractivity contribution >= 4 is 27.9 Å². The highest BCUT2D eigenvalue weighted by atomic mass is 32.1. The van der Waals surface area contributed by atoms with Crippen LogP contribution in [0.3, 0.4) is 0 Å². The number of benzene rings is 1. The summed E-state index contributed by atoms with van der Waals surface area (Å²) in [4.78, 5) is 29.8. The van der Waals surface area contributed by atoms with E-state index in [-0.39, 0.29) is 11.0 Å². The Morgan fingerprint density at radius 2 is 2.08 bits per heavy atom. The monoisotopic (exact) mass is 357 g/mol. The molecule has 25 heavy (non-hydrogen) atoms. The predicted molar refractivity (Wildman–Crippen MR) is 99.0 cm³/mol. The Balaban J connectivity index is 1.99. The zero-order valence-electron chi connectivity index (χ0n) is 14.5. The molecule has 0 aliphatic heterocycles. The topological polar surface area (TPSA) is 72.7 Å². The van der Waals surface area contributed by atoms with Gasteiger partial charge >= 0.3 is 0 Å². The number of hydrogen-bond acceptors (Lipinski definition) is 5. The van der Waals surface area contributed by atoms with Crippen LogP contribution < -0.4 is 15.6 Å². The molecule has 1 N–H and O–H groups in total. The van der Waals surface area contributed by atoms with Gasteiger partial charge in [0.05, 0.1) is 12.8 Å². The Bertz CT molecular complexity index is 999. The molecule has 0 aliphatic rings. The van der Waals surface area contributed by atoms with Gasteiger partial charge < -0.3 is 10.1 Å². The number of nitrogens with zero attached hydrogens (tertiary/aromatic N) is 2. The summed E-state index contributed by atoms with van der Waals surface area (Å²) >= 11 is 1.34. The largest absolute Gasteiger partial charge is 0.495 e. The lowest BCUT2D eigenvalue weighted by atomic mass is 9.87. The highest BCUT2D eigenvalue weighted by Gasteiger charge is 2.19. The number of amides is 1. The molecule has 6 nitrogen and oxygen atoms in total. The molecule has 0 spiro atoms. The van der Waals surface area contributed by atoms with Crippen LogP contribution in [0.25, 0.3) is 4.96 Å². The molecule has 0 saturated carbocycles. The minimum Gasteiger partial charge on any atom is -0.495 e. The molecule has 1 aromatic carbocycles. The van der Waals surface area contributed by atoms with E-state index in [2.05, 4.69) is 31.1 Å². The SMILES string of the molecule is COc1ccc(C(C)(C)C)cc1NC(=O)c1cnc2sccn2c1=O. The molecule has 2 aromatic heterocycles. The van der Waals surface area contributed by atoms with Crippen LogP contribution in [0.2, 0.25) is 0 Å². The summed E-state index contributed by atoms with van der Waals surface area (Å²) in [5.74, 6) is 0.0217. The van der Waals surface area contributed by atoms with E-state index in [0.29, 0.717) is 16.4 Å². The van der Waals surface area contributed by atoms with Crippen molar-refractivity contribution in [3.63, 3.8) is 0 Å². The number of methoxy groups -OCH3 is 1. The number of nitrogens with one attached hydrogen (secondary N) is 1. The van der Waals surface area contributed by atoms with Crippen LogP contribution in [-0.4, -0.2) is 22.4 Å². The van der Waals surface area contributed by atoms with Gasteiger partial charge in [-0.05, 0) is 23.1 Å². The molecule has 0 fully saturated rings. The van der Waals surface area contributed by atoms with E-state index in [4.69, 9.17) is 4.74 Å². The van der Waals surface area contributed by atoms with Crippen molar-refractivity contribution in [2.75, 3.05) is 12.4 Å². The number of aromatic nitrogens is 2. The van der Waals surface area contributed by atoms with Gasteiger partial charge in [-0.1, -0.05) is 26.8 Å². The van der Waals surface area contributed by atoms with Crippen LogP contribution in [0.4, 0.5) is 5.69 Å². The third-order valence-electron chi connectivity index (χ3n) is 3.90. The van der Waals surface area contributed by atoms with Crippen molar-refractivity contribution in [1.29, 1.82) is 0 Å². The van der Waals surface area contributed by atoms with Crippen LogP contribution in [0.5, 0.6) is 5.75 Å². The summed E-state index contributed by atoms with van der Waals surface area (Å²) in [6.45, 7) is 6.25. The zero-order chi connectivity index (χ0) is 18.2. The fourth-order valence-corrected chi connectivity index (χ4v) is 3.12. The average Bonchev–Trinajstić information content (AvgIpc) is 3.03. The maximum absolute atomic E-state index is 12.6.